The molecular formula is C18H25ClF3N3O2S. The van der Waals surface area contributed by atoms with Crippen LogP contribution in [0.15, 0.2) is 23.1 Å². The Morgan fingerprint density at radius 1 is 1.11 bits per heavy atom. The highest BCUT2D eigenvalue weighted by Gasteiger charge is 2.39. The molecule has 3 saturated heterocycles. The number of alkyl halides is 3. The Bertz CT molecular complexity index is 807. The minimum absolute atomic E-state index is 0. The van der Waals surface area contributed by atoms with Crippen LogP contribution in [-0.4, -0.2) is 45.5 Å². The second-order valence-electron chi connectivity index (χ2n) is 7.89. The Labute approximate surface area is 169 Å². The van der Waals surface area contributed by atoms with E-state index in [2.05, 4.69) is 14.9 Å². The van der Waals surface area contributed by atoms with E-state index >= 15 is 0 Å². The van der Waals surface area contributed by atoms with Gasteiger partial charge in [0.2, 0.25) is 10.0 Å². The second-order valence-corrected chi connectivity index (χ2v) is 9.63. The Morgan fingerprint density at radius 3 is 2.32 bits per heavy atom. The number of rotatable bonds is 6. The first kappa shape index (κ1) is 21.7. The Balaban J connectivity index is 0.00000225. The standard InChI is InChI=1S/C18H24F3N3O2S.ClH/c19-18(20,21)15-9-14(23-16-11-24-7-5-13(16)6-8-24)3-4-17(15)27(25,26)22-10-12-1-2-12;/h3-4,9,12-13,16,22-23H,1-2,5-8,10-11H2;1H. The summed E-state index contributed by atoms with van der Waals surface area (Å²) in [6.45, 7) is 3.09. The number of hydrogen-bond donors (Lipinski definition) is 2. The highest BCUT2D eigenvalue weighted by Crippen LogP contribution is 2.37. The third kappa shape index (κ3) is 4.75. The van der Waals surface area contributed by atoms with Crippen molar-refractivity contribution in [3.05, 3.63) is 23.8 Å². The lowest BCUT2D eigenvalue weighted by Crippen LogP contribution is -2.53. The number of anilines is 1. The monoisotopic (exact) mass is 439 g/mol. The fourth-order valence-corrected chi connectivity index (χ4v) is 5.37. The summed E-state index contributed by atoms with van der Waals surface area (Å²) >= 11 is 0. The maximum absolute atomic E-state index is 13.6. The lowest BCUT2D eigenvalue weighted by atomic mass is 9.84. The van der Waals surface area contributed by atoms with Crippen molar-refractivity contribution in [1.29, 1.82) is 0 Å². The van der Waals surface area contributed by atoms with Crippen LogP contribution in [0.25, 0.3) is 0 Å². The van der Waals surface area contributed by atoms with Gasteiger partial charge in [-0.1, -0.05) is 0 Å². The molecule has 1 aromatic rings. The number of fused-ring (bicyclic) bond motifs is 3. The molecule has 2 N–H and O–H groups in total. The zero-order chi connectivity index (χ0) is 19.2. The summed E-state index contributed by atoms with van der Waals surface area (Å²) in [7, 11) is -4.19. The number of piperidine rings is 3. The molecule has 10 heteroatoms. The van der Waals surface area contributed by atoms with Gasteiger partial charge in [-0.25, -0.2) is 13.1 Å². The van der Waals surface area contributed by atoms with Crippen LogP contribution < -0.4 is 10.0 Å². The molecule has 4 aliphatic rings. The number of nitrogens with zero attached hydrogens (tertiary/aromatic N) is 1. The molecule has 1 aromatic carbocycles. The third-order valence-corrected chi connectivity index (χ3v) is 7.32. The van der Waals surface area contributed by atoms with E-state index in [-0.39, 0.29) is 30.9 Å². The van der Waals surface area contributed by atoms with Gasteiger partial charge in [-0.2, -0.15) is 13.2 Å². The van der Waals surface area contributed by atoms with Crippen molar-refractivity contribution < 1.29 is 21.6 Å². The van der Waals surface area contributed by atoms with E-state index in [9.17, 15) is 21.6 Å². The molecule has 3 aliphatic heterocycles. The fourth-order valence-electron chi connectivity index (χ4n) is 4.05. The molecule has 5 rings (SSSR count). The minimum atomic E-state index is -4.74. The number of nitrogens with one attached hydrogen (secondary N) is 2. The molecule has 1 unspecified atom stereocenters. The van der Waals surface area contributed by atoms with E-state index in [0.29, 0.717) is 11.6 Å². The van der Waals surface area contributed by atoms with Crippen molar-refractivity contribution in [1.82, 2.24) is 9.62 Å². The molecule has 4 fully saturated rings. The van der Waals surface area contributed by atoms with Crippen molar-refractivity contribution in [2.75, 3.05) is 31.5 Å². The lowest BCUT2D eigenvalue weighted by molar-refractivity contribution is -0.139. The number of benzene rings is 1. The Hall–Kier alpha value is -1.03. The maximum Gasteiger partial charge on any atom is 0.417 e. The van der Waals surface area contributed by atoms with Gasteiger partial charge < -0.3 is 10.2 Å². The predicted molar refractivity (Wildman–Crippen MR) is 103 cm³/mol. The van der Waals surface area contributed by atoms with Gasteiger partial charge in [-0.05, 0) is 68.8 Å². The van der Waals surface area contributed by atoms with Crippen molar-refractivity contribution in [3.63, 3.8) is 0 Å². The molecule has 0 aromatic heterocycles. The number of sulfonamides is 1. The van der Waals surface area contributed by atoms with Crippen molar-refractivity contribution >= 4 is 28.1 Å². The summed E-state index contributed by atoms with van der Waals surface area (Å²) in [5, 5.41) is 3.21. The Morgan fingerprint density at radius 2 is 1.79 bits per heavy atom. The summed E-state index contributed by atoms with van der Waals surface area (Å²) in [6.07, 6.45) is -0.826. The molecular weight excluding hydrogens is 415 g/mol. The van der Waals surface area contributed by atoms with E-state index < -0.39 is 26.7 Å². The smallest absolute Gasteiger partial charge is 0.381 e. The average molecular weight is 440 g/mol. The summed E-state index contributed by atoms with van der Waals surface area (Å²) in [4.78, 5) is 1.61. The van der Waals surface area contributed by atoms with Gasteiger partial charge >= 0.3 is 6.18 Å². The SMILES string of the molecule is Cl.O=S(=O)(NCC1CC1)c1ccc(NC2CN3CCC2CC3)cc1C(F)(F)F. The first-order valence-electron chi connectivity index (χ1n) is 9.42. The van der Waals surface area contributed by atoms with Crippen molar-refractivity contribution in [2.45, 2.75) is 42.8 Å². The van der Waals surface area contributed by atoms with Crippen LogP contribution in [0.4, 0.5) is 18.9 Å². The van der Waals surface area contributed by atoms with Gasteiger partial charge in [0.25, 0.3) is 0 Å². The molecule has 0 spiro atoms. The van der Waals surface area contributed by atoms with E-state index in [0.717, 1.165) is 57.5 Å². The topological polar surface area (TPSA) is 61.4 Å². The van der Waals surface area contributed by atoms with Crippen LogP contribution >= 0.6 is 12.4 Å². The van der Waals surface area contributed by atoms with Crippen molar-refractivity contribution in [2.24, 2.45) is 11.8 Å². The molecule has 1 aliphatic carbocycles. The highest BCUT2D eigenvalue weighted by molar-refractivity contribution is 7.89. The van der Waals surface area contributed by atoms with Gasteiger partial charge in [0, 0.05) is 24.8 Å². The zero-order valence-corrected chi connectivity index (χ0v) is 17.0. The zero-order valence-electron chi connectivity index (χ0n) is 15.3. The minimum Gasteiger partial charge on any atom is -0.381 e. The molecule has 158 valence electrons. The van der Waals surface area contributed by atoms with Crippen LogP contribution in [-0.2, 0) is 16.2 Å². The van der Waals surface area contributed by atoms with Gasteiger partial charge in [-0.15, -0.1) is 12.4 Å². The molecule has 5 nitrogen and oxygen atoms in total. The van der Waals surface area contributed by atoms with Crippen LogP contribution in [0.2, 0.25) is 0 Å². The fraction of sp³-hybridized carbons (Fsp3) is 0.667. The molecule has 3 heterocycles. The molecule has 0 amide bonds. The van der Waals surface area contributed by atoms with E-state index in [1.54, 1.807) is 0 Å². The van der Waals surface area contributed by atoms with E-state index in [4.69, 9.17) is 0 Å². The summed E-state index contributed by atoms with van der Waals surface area (Å²) in [6, 6.07) is 3.55. The molecule has 2 bridgehead atoms. The quantitative estimate of drug-likeness (QED) is 0.713. The molecule has 1 saturated carbocycles. The molecule has 1 atom stereocenters. The summed E-state index contributed by atoms with van der Waals surface area (Å²) < 4.78 is 67.8. The average Bonchev–Trinajstić information content (AvgIpc) is 3.45. The second kappa shape index (κ2) is 8.01. The first-order chi connectivity index (χ1) is 12.7. The Kier molecular flexibility index (Phi) is 6.20. The van der Waals surface area contributed by atoms with Gasteiger partial charge in [0.1, 0.15) is 0 Å². The largest absolute Gasteiger partial charge is 0.417 e. The summed E-state index contributed by atoms with van der Waals surface area (Å²) in [5.41, 5.74) is -0.792. The predicted octanol–water partition coefficient (Wildman–Crippen LogP) is 3.32. The lowest BCUT2D eigenvalue weighted by Gasteiger charge is -2.45. The van der Waals surface area contributed by atoms with Gasteiger partial charge in [-0.3, -0.25) is 0 Å². The highest BCUT2D eigenvalue weighted by atomic mass is 35.5. The number of halogens is 4. The maximum atomic E-state index is 13.6. The van der Waals surface area contributed by atoms with E-state index in [1.165, 1.54) is 6.07 Å². The summed E-state index contributed by atoms with van der Waals surface area (Å²) in [5.74, 6) is 0.694. The molecule has 0 radical (unpaired) electrons. The number of hydrogen-bond acceptors (Lipinski definition) is 4. The van der Waals surface area contributed by atoms with Crippen LogP contribution in [0.1, 0.15) is 31.2 Å². The van der Waals surface area contributed by atoms with Gasteiger partial charge in [0.15, 0.2) is 0 Å². The van der Waals surface area contributed by atoms with Crippen molar-refractivity contribution in [3.8, 4) is 0 Å². The van der Waals surface area contributed by atoms with E-state index in [1.807, 2.05) is 0 Å². The van der Waals surface area contributed by atoms with Crippen LogP contribution in [0, 0.1) is 11.8 Å². The molecule has 28 heavy (non-hydrogen) atoms. The normalized spacial score (nSPS) is 27.3. The van der Waals surface area contributed by atoms with Crippen LogP contribution in [0.3, 0.4) is 0 Å². The van der Waals surface area contributed by atoms with Gasteiger partial charge in [0.05, 0.1) is 10.5 Å². The third-order valence-electron chi connectivity index (χ3n) is 5.84. The van der Waals surface area contributed by atoms with Crippen LogP contribution in [0.5, 0.6) is 0 Å². The first-order valence-corrected chi connectivity index (χ1v) is 10.9.